The van der Waals surface area contributed by atoms with E-state index in [2.05, 4.69) is 93.7 Å². The van der Waals surface area contributed by atoms with Crippen molar-refractivity contribution in [3.63, 3.8) is 0 Å². The van der Waals surface area contributed by atoms with Crippen LogP contribution in [-0.2, 0) is 28.6 Å². The number of ether oxygens (including phenoxy) is 3. The maximum absolute atomic E-state index is 12.8. The Morgan fingerprint density at radius 2 is 0.565 bits per heavy atom. The van der Waals surface area contributed by atoms with Gasteiger partial charge in [0, 0.05) is 19.3 Å². The number of unbranched alkanes of at least 4 members (excludes halogenated alkanes) is 30. The van der Waals surface area contributed by atoms with Gasteiger partial charge in [-0.2, -0.15) is 0 Å². The van der Waals surface area contributed by atoms with Gasteiger partial charge in [-0.15, -0.1) is 0 Å². The molecule has 6 nitrogen and oxygen atoms in total. The Morgan fingerprint density at radius 3 is 0.884 bits per heavy atom. The molecule has 0 amide bonds. The lowest BCUT2D eigenvalue weighted by atomic mass is 10.0. The van der Waals surface area contributed by atoms with Gasteiger partial charge in [-0.1, -0.05) is 254 Å². The quantitative estimate of drug-likeness (QED) is 0.0262. The summed E-state index contributed by atoms with van der Waals surface area (Å²) in [7, 11) is 0. The molecular weight excluding hydrogens is 853 g/mol. The first kappa shape index (κ1) is 65.8. The number of hydrogen-bond acceptors (Lipinski definition) is 6. The summed E-state index contributed by atoms with van der Waals surface area (Å²) in [6.45, 7) is 6.45. The molecule has 0 radical (unpaired) electrons. The second-order valence-corrected chi connectivity index (χ2v) is 19.5. The van der Waals surface area contributed by atoms with Crippen LogP contribution in [0.1, 0.15) is 290 Å². The first-order valence-corrected chi connectivity index (χ1v) is 29.4. The van der Waals surface area contributed by atoms with Crippen molar-refractivity contribution in [2.24, 2.45) is 0 Å². The molecule has 0 rings (SSSR count). The number of carbonyl (C=O) groups is 3. The fraction of sp³-hybridized carbons (Fsp3) is 0.762. The van der Waals surface area contributed by atoms with Gasteiger partial charge in [0.2, 0.25) is 0 Å². The second kappa shape index (κ2) is 57.4. The van der Waals surface area contributed by atoms with Crippen LogP contribution in [0.2, 0.25) is 0 Å². The van der Waals surface area contributed by atoms with Gasteiger partial charge in [0.15, 0.2) is 6.10 Å². The maximum Gasteiger partial charge on any atom is 0.306 e. The van der Waals surface area contributed by atoms with Crippen LogP contribution in [-0.4, -0.2) is 37.2 Å². The molecule has 0 heterocycles. The van der Waals surface area contributed by atoms with Gasteiger partial charge in [0.05, 0.1) is 0 Å². The summed E-state index contributed by atoms with van der Waals surface area (Å²) in [6.07, 6.45) is 73.7. The van der Waals surface area contributed by atoms with Crippen LogP contribution in [0.5, 0.6) is 0 Å². The topological polar surface area (TPSA) is 78.9 Å². The third-order valence-corrected chi connectivity index (χ3v) is 12.7. The highest BCUT2D eigenvalue weighted by Gasteiger charge is 2.19. The number of hydrogen-bond donors (Lipinski definition) is 0. The van der Waals surface area contributed by atoms with E-state index in [1.165, 1.54) is 154 Å². The van der Waals surface area contributed by atoms with Crippen LogP contribution in [0.3, 0.4) is 0 Å². The second-order valence-electron chi connectivity index (χ2n) is 19.5. The largest absolute Gasteiger partial charge is 0.462 e. The molecule has 69 heavy (non-hydrogen) atoms. The summed E-state index contributed by atoms with van der Waals surface area (Å²) in [5.74, 6) is -0.889. The minimum Gasteiger partial charge on any atom is -0.462 e. The van der Waals surface area contributed by atoms with Crippen LogP contribution < -0.4 is 0 Å². The zero-order valence-electron chi connectivity index (χ0n) is 45.6. The van der Waals surface area contributed by atoms with Crippen LogP contribution in [0, 0.1) is 0 Å². The van der Waals surface area contributed by atoms with E-state index in [9.17, 15) is 14.4 Å². The van der Waals surface area contributed by atoms with Crippen molar-refractivity contribution in [2.75, 3.05) is 13.2 Å². The number of carbonyl (C=O) groups excluding carboxylic acids is 3. The Labute approximate surface area is 427 Å². The van der Waals surface area contributed by atoms with Gasteiger partial charge in [0.25, 0.3) is 0 Å². The molecule has 0 saturated heterocycles. The van der Waals surface area contributed by atoms with E-state index in [1.54, 1.807) is 0 Å². The van der Waals surface area contributed by atoms with E-state index < -0.39 is 6.10 Å². The Kier molecular flexibility index (Phi) is 54.8. The molecule has 0 aliphatic rings. The van der Waals surface area contributed by atoms with E-state index in [-0.39, 0.29) is 31.1 Å². The molecule has 6 heteroatoms. The van der Waals surface area contributed by atoms with Gasteiger partial charge >= 0.3 is 17.9 Å². The zero-order chi connectivity index (χ0) is 50.0. The fourth-order valence-electron chi connectivity index (χ4n) is 8.29. The van der Waals surface area contributed by atoms with Crippen LogP contribution >= 0.6 is 0 Å². The minimum absolute atomic E-state index is 0.0770. The Bertz CT molecular complexity index is 1290. The van der Waals surface area contributed by atoms with E-state index in [0.29, 0.717) is 19.3 Å². The lowest BCUT2D eigenvalue weighted by Crippen LogP contribution is -2.30. The summed E-state index contributed by atoms with van der Waals surface area (Å²) in [5, 5.41) is 0. The molecule has 0 aliphatic heterocycles. The highest BCUT2D eigenvalue weighted by Crippen LogP contribution is 2.16. The number of allylic oxidation sites excluding steroid dienone is 12. The van der Waals surface area contributed by atoms with Crippen molar-refractivity contribution >= 4 is 17.9 Å². The zero-order valence-corrected chi connectivity index (χ0v) is 45.6. The van der Waals surface area contributed by atoms with Gasteiger partial charge in [-0.3, -0.25) is 14.4 Å². The molecule has 0 spiro atoms. The first-order valence-electron chi connectivity index (χ1n) is 29.4. The molecule has 398 valence electrons. The van der Waals surface area contributed by atoms with Crippen molar-refractivity contribution in [1.82, 2.24) is 0 Å². The third kappa shape index (κ3) is 55.6. The van der Waals surface area contributed by atoms with Gasteiger partial charge in [0.1, 0.15) is 13.2 Å². The Morgan fingerprint density at radius 1 is 0.304 bits per heavy atom. The Hall–Kier alpha value is -3.15. The van der Waals surface area contributed by atoms with Crippen molar-refractivity contribution in [2.45, 2.75) is 297 Å². The van der Waals surface area contributed by atoms with Gasteiger partial charge in [-0.05, 0) is 89.9 Å². The summed E-state index contributed by atoms with van der Waals surface area (Å²) < 4.78 is 16.7. The molecule has 0 N–H and O–H groups in total. The maximum atomic E-state index is 12.8. The molecular formula is C63H110O6. The predicted octanol–water partition coefficient (Wildman–Crippen LogP) is 19.8. The molecule has 0 bridgehead atoms. The molecule has 1 unspecified atom stereocenters. The minimum atomic E-state index is -0.774. The molecule has 0 saturated carbocycles. The van der Waals surface area contributed by atoms with E-state index >= 15 is 0 Å². The highest BCUT2D eigenvalue weighted by molar-refractivity contribution is 5.71. The smallest absolute Gasteiger partial charge is 0.306 e. The van der Waals surface area contributed by atoms with Crippen LogP contribution in [0.15, 0.2) is 72.9 Å². The Balaban J connectivity index is 4.09. The number of rotatable bonds is 53. The van der Waals surface area contributed by atoms with Crippen molar-refractivity contribution in [3.05, 3.63) is 72.9 Å². The van der Waals surface area contributed by atoms with E-state index in [4.69, 9.17) is 14.2 Å². The molecule has 0 aromatic rings. The van der Waals surface area contributed by atoms with Crippen molar-refractivity contribution in [1.29, 1.82) is 0 Å². The van der Waals surface area contributed by atoms with E-state index in [1.807, 2.05) is 0 Å². The summed E-state index contributed by atoms with van der Waals surface area (Å²) in [5.41, 5.74) is 0. The highest BCUT2D eigenvalue weighted by atomic mass is 16.6. The summed E-state index contributed by atoms with van der Waals surface area (Å²) >= 11 is 0. The van der Waals surface area contributed by atoms with Crippen LogP contribution in [0.4, 0.5) is 0 Å². The average molecular weight is 964 g/mol. The lowest BCUT2D eigenvalue weighted by molar-refractivity contribution is -0.167. The van der Waals surface area contributed by atoms with Gasteiger partial charge < -0.3 is 14.2 Å². The third-order valence-electron chi connectivity index (χ3n) is 12.7. The number of esters is 3. The SMILES string of the molecule is CC/C=C\C/C=C\C/C=C\C/C=C\CCCCCCCCCCCCC(=O)OCC(COC(=O)CCCCCCC)OC(=O)CCCCCCCCCCCCC/C=C\C/C=C\CCCCCCC. The average Bonchev–Trinajstić information content (AvgIpc) is 3.35. The molecule has 1 atom stereocenters. The predicted molar refractivity (Wildman–Crippen MR) is 298 cm³/mol. The van der Waals surface area contributed by atoms with E-state index in [0.717, 1.165) is 96.3 Å². The normalized spacial score (nSPS) is 12.6. The summed E-state index contributed by atoms with van der Waals surface area (Å²) in [6, 6.07) is 0. The standard InChI is InChI=1S/C63H110O6/c1-4-7-10-13-15-17-19-21-23-25-27-29-31-33-35-37-39-41-43-45-47-50-53-56-62(65)68-59-60(58-67-61(64)55-52-49-12-9-6-3)69-63(66)57-54-51-48-46-44-42-40-38-36-34-32-30-28-26-24-22-20-18-16-14-11-8-5-2/h7,10,15,17,20-23,26-29,60H,4-6,8-9,11-14,16,18-19,24-25,30-59H2,1-3H3/b10-7-,17-15-,22-20-,23-21-,28-26-,29-27-. The first-order chi connectivity index (χ1) is 34.0. The molecule has 0 aromatic carbocycles. The van der Waals surface area contributed by atoms with Gasteiger partial charge in [-0.25, -0.2) is 0 Å². The monoisotopic (exact) mass is 963 g/mol. The van der Waals surface area contributed by atoms with Crippen molar-refractivity contribution < 1.29 is 28.6 Å². The van der Waals surface area contributed by atoms with Crippen molar-refractivity contribution in [3.8, 4) is 0 Å². The summed E-state index contributed by atoms with van der Waals surface area (Å²) in [4.78, 5) is 37.8. The van der Waals surface area contributed by atoms with Crippen LogP contribution in [0.25, 0.3) is 0 Å². The molecule has 0 aliphatic carbocycles. The molecule has 0 fully saturated rings. The fourth-order valence-corrected chi connectivity index (χ4v) is 8.29. The lowest BCUT2D eigenvalue weighted by Gasteiger charge is -2.18. The molecule has 0 aromatic heterocycles.